The molecule has 0 fully saturated rings. The molecule has 0 amide bonds. The van der Waals surface area contributed by atoms with E-state index in [0.29, 0.717) is 5.56 Å². The first-order valence-electron chi connectivity index (χ1n) is 9.74. The number of aliphatic carboxylic acids is 2. The van der Waals surface area contributed by atoms with Crippen LogP contribution in [0.3, 0.4) is 0 Å². The molecule has 3 atom stereocenters. The van der Waals surface area contributed by atoms with Crippen molar-refractivity contribution in [2.45, 2.75) is 37.3 Å². The predicted octanol–water partition coefficient (Wildman–Crippen LogP) is -2.37. The van der Waals surface area contributed by atoms with Gasteiger partial charge in [0.2, 0.25) is 0 Å². The van der Waals surface area contributed by atoms with Crippen molar-refractivity contribution in [3.63, 3.8) is 0 Å². The summed E-state index contributed by atoms with van der Waals surface area (Å²) in [6.07, 6.45) is -9.11. The Hall–Kier alpha value is -2.83. The number of hydrogen-bond donors (Lipinski definition) is 4. The minimum Gasteiger partial charge on any atom is -0.691 e. The van der Waals surface area contributed by atoms with Crippen molar-refractivity contribution in [1.29, 1.82) is 0 Å². The second-order valence-corrected chi connectivity index (χ2v) is 7.49. The van der Waals surface area contributed by atoms with Gasteiger partial charge in [-0.1, -0.05) is 12.1 Å². The topological polar surface area (TPSA) is 244 Å². The Morgan fingerprint density at radius 1 is 0.951 bits per heavy atom. The average Bonchev–Trinajstić information content (AvgIpc) is 2.84. The van der Waals surface area contributed by atoms with E-state index in [-0.39, 0.29) is 48.0 Å². The minimum atomic E-state index is -4.52. The summed E-state index contributed by atoms with van der Waals surface area (Å²) in [5, 5.41) is 39.0. The molecular weight excluding hydrogens is 617 g/mol. The Kier molecular flexibility index (Phi) is 19.0. The molecule has 41 heavy (non-hydrogen) atoms. The quantitative estimate of drug-likeness (QED) is 0.0702. The van der Waals surface area contributed by atoms with Crippen molar-refractivity contribution in [3.8, 4) is 0 Å². The zero-order chi connectivity index (χ0) is 31.1. The molecule has 0 saturated carbocycles. The summed E-state index contributed by atoms with van der Waals surface area (Å²) >= 11 is -2.53. The zero-order valence-corrected chi connectivity index (χ0v) is 23.1. The van der Waals surface area contributed by atoms with Gasteiger partial charge in [0.05, 0.1) is 0 Å². The van der Waals surface area contributed by atoms with E-state index in [0.717, 1.165) is 30.6 Å². The van der Waals surface area contributed by atoms with E-state index in [9.17, 15) is 40.1 Å². The minimum absolute atomic E-state index is 0. The van der Waals surface area contributed by atoms with Crippen LogP contribution in [0, 0.1) is 4.91 Å². The summed E-state index contributed by atoms with van der Waals surface area (Å²) in [6, 6.07) is 2.65. The number of carbonyl (C=O) groups is 2. The summed E-state index contributed by atoms with van der Waals surface area (Å²) in [5.74, 6) is -2.64. The molecule has 0 radical (unpaired) electrons. The van der Waals surface area contributed by atoms with E-state index in [2.05, 4.69) is 23.6 Å². The van der Waals surface area contributed by atoms with Crippen LogP contribution < -0.4 is 40.5 Å². The van der Waals surface area contributed by atoms with Crippen molar-refractivity contribution >= 4 is 23.3 Å². The van der Waals surface area contributed by atoms with Crippen LogP contribution in [-0.2, 0) is 59.8 Å². The van der Waals surface area contributed by atoms with Crippen molar-refractivity contribution in [1.82, 2.24) is 9.97 Å². The third-order valence-corrected chi connectivity index (χ3v) is 4.24. The fourth-order valence-corrected chi connectivity index (χ4v) is 2.26. The van der Waals surface area contributed by atoms with Gasteiger partial charge in [-0.25, -0.2) is 9.08 Å². The summed E-state index contributed by atoms with van der Waals surface area (Å²) in [4.78, 5) is 36.0. The van der Waals surface area contributed by atoms with E-state index in [1.165, 1.54) is 6.07 Å². The number of pyridine rings is 2. The fraction of sp³-hybridized carbons (Fsp3) is 0.333. The van der Waals surface area contributed by atoms with Gasteiger partial charge < -0.3 is 26.3 Å². The zero-order valence-electron chi connectivity index (χ0n) is 20.2. The number of aliphatic hydroxyl groups excluding tert-OH is 1. The molecule has 15 nitrogen and oxygen atoms in total. The molecule has 0 aliphatic carbocycles. The maximum absolute atomic E-state index is 12.1. The molecule has 2 aromatic heterocycles. The summed E-state index contributed by atoms with van der Waals surface area (Å²) in [5.41, 5.74) is 3.73. The molecule has 0 saturated heterocycles. The Balaban J connectivity index is 0. The summed E-state index contributed by atoms with van der Waals surface area (Å²) < 4.78 is 88.9. The Bertz CT molecular complexity index is 1040. The fourth-order valence-electron chi connectivity index (χ4n) is 2.14. The number of carboxylic acids is 2. The van der Waals surface area contributed by atoms with Crippen LogP contribution >= 0.6 is 0 Å². The normalized spacial score (nSPS) is 13.0. The second-order valence-electron chi connectivity index (χ2n) is 6.80. The monoisotopic (exact) mass is 634 g/mol. The van der Waals surface area contributed by atoms with Crippen LogP contribution in [0.25, 0.3) is 0 Å². The van der Waals surface area contributed by atoms with Crippen LogP contribution in [0.2, 0.25) is 0 Å². The number of carboxylic acid groups (broad SMARTS) is 2. The molecule has 0 aromatic carbocycles. The SMILES string of the molecule is N[C@H](Cc1ccc(C(F)(F)F)nc1)C(=O)O.O=C(O)[C@H](O)Cc1ccc(C(F)(F)F)nc1.O=NOS(=O)OO[O-].[Na+]. The molecule has 0 bridgehead atoms. The van der Waals surface area contributed by atoms with Gasteiger partial charge in [0.25, 0.3) is 0 Å². The van der Waals surface area contributed by atoms with Crippen molar-refractivity contribution < 1.29 is 104 Å². The van der Waals surface area contributed by atoms with E-state index >= 15 is 0 Å². The number of halogens is 6. The van der Waals surface area contributed by atoms with Crippen molar-refractivity contribution in [2.75, 3.05) is 0 Å². The molecule has 2 heterocycles. The maximum atomic E-state index is 12.1. The first-order valence-corrected chi connectivity index (χ1v) is 10.7. The second kappa shape index (κ2) is 19.3. The van der Waals surface area contributed by atoms with Crippen molar-refractivity contribution in [2.24, 2.45) is 11.1 Å². The molecule has 0 spiro atoms. The van der Waals surface area contributed by atoms with Gasteiger partial charge in [0, 0.05) is 18.8 Å². The molecule has 1 unspecified atom stereocenters. The van der Waals surface area contributed by atoms with Gasteiger partial charge in [-0.15, -0.1) is 9.24 Å². The maximum Gasteiger partial charge on any atom is 1.00 e. The van der Waals surface area contributed by atoms with Gasteiger partial charge >= 0.3 is 65.2 Å². The molecule has 0 aliphatic rings. The van der Waals surface area contributed by atoms with Gasteiger partial charge in [-0.3, -0.25) is 19.8 Å². The van der Waals surface area contributed by atoms with Gasteiger partial charge in [0.15, 0.2) is 11.4 Å². The predicted molar refractivity (Wildman–Crippen MR) is 112 cm³/mol. The van der Waals surface area contributed by atoms with Crippen LogP contribution in [0.5, 0.6) is 0 Å². The first-order chi connectivity index (χ1) is 18.4. The number of nitrogens with two attached hydrogens (primary N) is 1. The third kappa shape index (κ3) is 17.6. The summed E-state index contributed by atoms with van der Waals surface area (Å²) in [6.45, 7) is 0. The molecule has 2 aromatic rings. The van der Waals surface area contributed by atoms with Gasteiger partial charge in [-0.05, 0) is 29.7 Å². The molecule has 0 aliphatic heterocycles. The Morgan fingerprint density at radius 2 is 1.39 bits per heavy atom. The standard InChI is InChI=1S/C9H9F3N2O2.C9H8F3NO3.HNO6S.Na/c10-9(11,12)7-2-1-5(4-14-7)3-6(13)8(15)16;10-9(11,12)7-2-1-5(4-13-7)3-6(14)8(15)16;2-1-5-8(4)7-6-3;/h1-2,4,6H,3,13H2,(H,15,16);1-2,4,6,14H,3H2,(H,15,16);3H;/q;;;+1/p-1/t2*6-;;/m11../s1. The van der Waals surface area contributed by atoms with Gasteiger partial charge in [0.1, 0.15) is 17.4 Å². The van der Waals surface area contributed by atoms with Crippen LogP contribution in [-0.4, -0.2) is 53.6 Å². The number of rotatable bonds is 10. The van der Waals surface area contributed by atoms with Gasteiger partial charge in [-0.2, -0.15) is 30.6 Å². The van der Waals surface area contributed by atoms with E-state index < -0.39 is 59.2 Å². The largest absolute Gasteiger partial charge is 1.00 e. The van der Waals surface area contributed by atoms with Crippen LogP contribution in [0.15, 0.2) is 42.0 Å². The first kappa shape index (κ1) is 40.3. The van der Waals surface area contributed by atoms with E-state index in [1.54, 1.807) is 5.34 Å². The van der Waals surface area contributed by atoms with Crippen molar-refractivity contribution in [3.05, 3.63) is 64.1 Å². The number of nitrogens with zero attached hydrogens (tertiary/aromatic N) is 3. The number of alkyl halides is 6. The Morgan fingerprint density at radius 3 is 1.68 bits per heavy atom. The molecule has 23 heteroatoms. The number of aromatic nitrogens is 2. The molecule has 224 valence electrons. The van der Waals surface area contributed by atoms with Crippen LogP contribution in [0.1, 0.15) is 22.5 Å². The number of hydrogen-bond acceptors (Lipinski definition) is 13. The average molecular weight is 634 g/mol. The molecule has 5 N–H and O–H groups in total. The third-order valence-electron chi connectivity index (χ3n) is 3.89. The van der Waals surface area contributed by atoms with Crippen LogP contribution in [0.4, 0.5) is 26.3 Å². The Labute approximate surface area is 249 Å². The molecular formula is C18H17F6N4NaO11S. The molecule has 2 rings (SSSR count). The van der Waals surface area contributed by atoms with E-state index in [1.807, 2.05) is 0 Å². The summed E-state index contributed by atoms with van der Waals surface area (Å²) in [7, 11) is 0. The smallest absolute Gasteiger partial charge is 0.691 e. The number of aliphatic hydroxyl groups is 1. The van der Waals surface area contributed by atoms with E-state index in [4.69, 9.17) is 31.2 Å².